The van der Waals surface area contributed by atoms with Crippen LogP contribution in [0.4, 0.5) is 10.1 Å². The lowest BCUT2D eigenvalue weighted by atomic mass is 10.3. The molecule has 1 heterocycles. The first-order valence-electron chi connectivity index (χ1n) is 5.34. The third-order valence-corrected chi connectivity index (χ3v) is 4.58. The number of carbonyl (C=O) groups is 1. The average molecular weight is 349 g/mol. The van der Waals surface area contributed by atoms with Crippen LogP contribution >= 0.6 is 34.7 Å². The molecule has 6 nitrogen and oxygen atoms in total. The summed E-state index contributed by atoms with van der Waals surface area (Å²) in [4.78, 5) is 24.9. The van der Waals surface area contributed by atoms with Crippen LogP contribution in [0.5, 0.6) is 0 Å². The molecule has 0 aliphatic rings. The molecule has 0 unspecified atom stereocenters. The number of aliphatic carboxylic acids is 1. The van der Waals surface area contributed by atoms with E-state index in [1.54, 1.807) is 0 Å². The Bertz CT molecular complexity index is 722. The molecule has 110 valence electrons. The summed E-state index contributed by atoms with van der Waals surface area (Å²) >= 11 is 7.54. The minimum Gasteiger partial charge on any atom is -0.481 e. The highest BCUT2D eigenvalue weighted by Gasteiger charge is 2.20. The molecule has 1 aromatic carbocycles. The molecule has 0 aliphatic carbocycles. The Morgan fingerprint density at radius 2 is 2.29 bits per heavy atom. The quantitative estimate of drug-likeness (QED) is 0.655. The maximum absolute atomic E-state index is 13.4. The van der Waals surface area contributed by atoms with E-state index in [2.05, 4.69) is 4.98 Å². The third kappa shape index (κ3) is 3.90. The smallest absolute Gasteiger partial charge is 0.309 e. The lowest BCUT2D eigenvalue weighted by Crippen LogP contribution is -1.99. The highest BCUT2D eigenvalue weighted by molar-refractivity contribution is 8.01. The van der Waals surface area contributed by atoms with Crippen LogP contribution in [0.25, 0.3) is 0 Å². The fourth-order valence-corrected chi connectivity index (χ4v) is 3.47. The molecule has 10 heteroatoms. The van der Waals surface area contributed by atoms with E-state index in [-0.39, 0.29) is 22.0 Å². The van der Waals surface area contributed by atoms with Gasteiger partial charge in [-0.05, 0) is 6.07 Å². The number of nitrogens with zero attached hydrogens (tertiary/aromatic N) is 2. The Morgan fingerprint density at radius 3 is 2.90 bits per heavy atom. The van der Waals surface area contributed by atoms with E-state index in [1.165, 1.54) is 5.38 Å². The maximum atomic E-state index is 13.4. The molecule has 1 aromatic heterocycles. The van der Waals surface area contributed by atoms with Gasteiger partial charge >= 0.3 is 5.97 Å². The normalized spacial score (nSPS) is 10.6. The zero-order valence-corrected chi connectivity index (χ0v) is 12.5. The van der Waals surface area contributed by atoms with Gasteiger partial charge in [0.25, 0.3) is 5.69 Å². The number of hydrogen-bond donors (Lipinski definition) is 1. The maximum Gasteiger partial charge on any atom is 0.309 e. The summed E-state index contributed by atoms with van der Waals surface area (Å²) in [5.74, 6) is -1.80. The zero-order chi connectivity index (χ0) is 15.6. The summed E-state index contributed by atoms with van der Waals surface area (Å²) < 4.78 is 13.8. The Kier molecular flexibility index (Phi) is 4.76. The molecule has 0 aliphatic heterocycles. The molecule has 1 N–H and O–H groups in total. The third-order valence-electron chi connectivity index (χ3n) is 2.26. The van der Waals surface area contributed by atoms with Crippen molar-refractivity contribution >= 4 is 46.4 Å². The van der Waals surface area contributed by atoms with Crippen LogP contribution < -0.4 is 0 Å². The van der Waals surface area contributed by atoms with Crippen molar-refractivity contribution in [3.8, 4) is 0 Å². The summed E-state index contributed by atoms with van der Waals surface area (Å²) in [5.41, 5.74) is 0.00785. The van der Waals surface area contributed by atoms with Crippen molar-refractivity contribution in [2.24, 2.45) is 0 Å². The second-order valence-corrected chi connectivity index (χ2v) is 6.32. The van der Waals surface area contributed by atoms with Gasteiger partial charge in [0.2, 0.25) is 0 Å². The van der Waals surface area contributed by atoms with Crippen LogP contribution in [-0.4, -0.2) is 21.0 Å². The number of halogens is 2. The number of nitro groups is 1. The van der Waals surface area contributed by atoms with Crippen molar-refractivity contribution in [1.82, 2.24) is 4.98 Å². The van der Waals surface area contributed by atoms with Crippen LogP contribution in [0.2, 0.25) is 5.02 Å². The van der Waals surface area contributed by atoms with E-state index in [4.69, 9.17) is 16.7 Å². The summed E-state index contributed by atoms with van der Waals surface area (Å²) in [5, 5.41) is 20.8. The lowest BCUT2D eigenvalue weighted by Gasteiger charge is -2.02. The van der Waals surface area contributed by atoms with Gasteiger partial charge in [0, 0.05) is 11.4 Å². The molecule has 0 amide bonds. The Hall–Kier alpha value is -1.71. The summed E-state index contributed by atoms with van der Waals surface area (Å²) in [7, 11) is 0. The Labute approximate surface area is 130 Å². The second kappa shape index (κ2) is 6.37. The first-order chi connectivity index (χ1) is 9.86. The number of carboxylic acids is 1. The number of aromatic nitrogens is 1. The number of rotatable bonds is 5. The highest BCUT2D eigenvalue weighted by atomic mass is 35.5. The van der Waals surface area contributed by atoms with Gasteiger partial charge in [-0.2, -0.15) is 0 Å². The van der Waals surface area contributed by atoms with E-state index in [1.807, 2.05) is 0 Å². The van der Waals surface area contributed by atoms with Gasteiger partial charge in [0.1, 0.15) is 5.82 Å². The van der Waals surface area contributed by atoms with Crippen molar-refractivity contribution in [3.63, 3.8) is 0 Å². The van der Waals surface area contributed by atoms with Crippen molar-refractivity contribution in [3.05, 3.63) is 44.2 Å². The summed E-state index contributed by atoms with van der Waals surface area (Å²) in [6.07, 6.45) is -0.242. The monoisotopic (exact) mass is 348 g/mol. The molecule has 2 rings (SSSR count). The fraction of sp³-hybridized carbons (Fsp3) is 0.0909. The summed E-state index contributed by atoms with van der Waals surface area (Å²) in [6, 6.07) is 1.90. The minimum atomic E-state index is -1.03. The first kappa shape index (κ1) is 15.7. The number of hydrogen-bond acceptors (Lipinski definition) is 6. The van der Waals surface area contributed by atoms with Crippen molar-refractivity contribution in [2.75, 3.05) is 0 Å². The van der Waals surface area contributed by atoms with Gasteiger partial charge < -0.3 is 5.11 Å². The lowest BCUT2D eigenvalue weighted by molar-refractivity contribution is -0.387. The highest BCUT2D eigenvalue weighted by Crippen LogP contribution is 2.38. The predicted octanol–water partition coefficient (Wildman–Crippen LogP) is 3.62. The van der Waals surface area contributed by atoms with Crippen LogP contribution in [-0.2, 0) is 11.2 Å². The van der Waals surface area contributed by atoms with Gasteiger partial charge in [-0.15, -0.1) is 11.3 Å². The van der Waals surface area contributed by atoms with E-state index >= 15 is 0 Å². The minimum absolute atomic E-state index is 0.0538. The van der Waals surface area contributed by atoms with E-state index in [9.17, 15) is 19.3 Å². The SMILES string of the molecule is O=C(O)Cc1csc(Sc2cc(F)c(Cl)cc2[N+](=O)[O-])n1. The van der Waals surface area contributed by atoms with Crippen molar-refractivity contribution in [1.29, 1.82) is 0 Å². The van der Waals surface area contributed by atoms with Gasteiger partial charge in [-0.25, -0.2) is 9.37 Å². The van der Waals surface area contributed by atoms with Crippen molar-refractivity contribution < 1.29 is 19.2 Å². The number of nitro benzene ring substituents is 1. The predicted molar refractivity (Wildman–Crippen MR) is 75.6 cm³/mol. The van der Waals surface area contributed by atoms with E-state index < -0.39 is 16.7 Å². The molecule has 21 heavy (non-hydrogen) atoms. The van der Waals surface area contributed by atoms with E-state index in [0.29, 0.717) is 10.0 Å². The van der Waals surface area contributed by atoms with Crippen LogP contribution in [0.15, 0.2) is 26.7 Å². The van der Waals surface area contributed by atoms with Gasteiger partial charge in [0.05, 0.1) is 27.0 Å². The molecule has 0 fully saturated rings. The average Bonchev–Trinajstić information content (AvgIpc) is 2.79. The molecule has 0 atom stereocenters. The molecule has 0 saturated carbocycles. The number of carboxylic acid groups (broad SMARTS) is 1. The number of thiazole rings is 1. The number of benzene rings is 1. The standard InChI is InChI=1S/C11H6ClFN2O4S2/c12-6-2-8(15(18)19)9(3-7(6)13)21-11-14-5(4-20-11)1-10(16)17/h2-4H,1H2,(H,16,17). The van der Waals surface area contributed by atoms with Crippen LogP contribution in [0.3, 0.4) is 0 Å². The molecular weight excluding hydrogens is 343 g/mol. The fourth-order valence-electron chi connectivity index (χ4n) is 1.41. The zero-order valence-electron chi connectivity index (χ0n) is 10.1. The Morgan fingerprint density at radius 1 is 1.57 bits per heavy atom. The van der Waals surface area contributed by atoms with Crippen LogP contribution in [0, 0.1) is 15.9 Å². The molecule has 2 aromatic rings. The van der Waals surface area contributed by atoms with Crippen molar-refractivity contribution in [2.45, 2.75) is 15.7 Å². The molecule has 0 spiro atoms. The molecule has 0 saturated heterocycles. The molecule has 0 radical (unpaired) electrons. The Balaban J connectivity index is 2.30. The molecular formula is C11H6ClFN2O4S2. The summed E-state index contributed by atoms with van der Waals surface area (Å²) in [6.45, 7) is 0. The van der Waals surface area contributed by atoms with Gasteiger partial charge in [0.15, 0.2) is 4.34 Å². The largest absolute Gasteiger partial charge is 0.481 e. The molecule has 0 bridgehead atoms. The van der Waals surface area contributed by atoms with Gasteiger partial charge in [-0.3, -0.25) is 14.9 Å². The van der Waals surface area contributed by atoms with E-state index in [0.717, 1.165) is 35.2 Å². The van der Waals surface area contributed by atoms with Crippen LogP contribution in [0.1, 0.15) is 5.69 Å². The first-order valence-corrected chi connectivity index (χ1v) is 7.41. The topological polar surface area (TPSA) is 93.3 Å². The second-order valence-electron chi connectivity index (χ2n) is 3.77. The van der Waals surface area contributed by atoms with Gasteiger partial charge in [-0.1, -0.05) is 23.4 Å².